The molecule has 1 heterocycles. The largest absolute Gasteiger partial charge is 0.563 e. The molecule has 0 bridgehead atoms. The van der Waals surface area contributed by atoms with Gasteiger partial charge in [0.2, 0.25) is 0 Å². The zero-order chi connectivity index (χ0) is 12.6. The third-order valence-electron chi connectivity index (χ3n) is 2.60. The molecule has 4 N–H and O–H groups in total. The van der Waals surface area contributed by atoms with Crippen molar-refractivity contribution in [3.63, 3.8) is 0 Å². The highest BCUT2D eigenvalue weighted by Crippen LogP contribution is 2.13. The lowest BCUT2D eigenvalue weighted by Gasteiger charge is -2.07. The van der Waals surface area contributed by atoms with E-state index < -0.39 is 25.1 Å². The van der Waals surface area contributed by atoms with Crippen LogP contribution in [0.15, 0.2) is 18.2 Å². The van der Waals surface area contributed by atoms with Crippen molar-refractivity contribution in [3.8, 4) is 0 Å². The van der Waals surface area contributed by atoms with E-state index in [9.17, 15) is 14.6 Å². The minimum absolute atomic E-state index is 0.117. The van der Waals surface area contributed by atoms with Crippen LogP contribution in [0.25, 0.3) is 0 Å². The maximum Gasteiger partial charge on any atom is 0.563 e. The second kappa shape index (κ2) is 4.19. The zero-order valence-corrected chi connectivity index (χ0v) is 8.79. The summed E-state index contributed by atoms with van der Waals surface area (Å²) in [6.07, 6.45) is 0.117. The van der Waals surface area contributed by atoms with E-state index in [1.807, 2.05) is 0 Å². The average Bonchev–Trinajstić information content (AvgIpc) is 2.54. The van der Waals surface area contributed by atoms with E-state index in [0.29, 0.717) is 11.0 Å². The molecule has 1 aromatic rings. The summed E-state index contributed by atoms with van der Waals surface area (Å²) in [6.45, 7) is 0. The second-order valence-corrected chi connectivity index (χ2v) is 3.83. The fourth-order valence-corrected chi connectivity index (χ4v) is 1.69. The van der Waals surface area contributed by atoms with Gasteiger partial charge in [-0.05, 0) is 18.1 Å². The maximum absolute atomic E-state index is 11.3. The third-order valence-corrected chi connectivity index (χ3v) is 2.60. The smallest absolute Gasteiger partial charge is 0.502 e. The predicted octanol–water partition coefficient (Wildman–Crippen LogP) is -1.50. The van der Waals surface area contributed by atoms with Crippen LogP contribution in [-0.2, 0) is 15.9 Å². The standard InChI is InChI=1S/C10H10BNO5/c12-8(9(13)14)4-5-1-2-7-6(3-5)10(15)17-11(7)16/h1-3,8,16H,4,12H2,(H,13,14)/t8-/m0/s1. The number of carboxylic acid groups (broad SMARTS) is 1. The van der Waals surface area contributed by atoms with Crippen molar-refractivity contribution in [2.75, 3.05) is 0 Å². The molecule has 0 unspecified atom stereocenters. The second-order valence-electron chi connectivity index (χ2n) is 3.83. The first-order chi connectivity index (χ1) is 7.99. The lowest BCUT2D eigenvalue weighted by molar-refractivity contribution is -0.138. The lowest BCUT2D eigenvalue weighted by atomic mass is 9.79. The number of fused-ring (bicyclic) bond motifs is 1. The zero-order valence-electron chi connectivity index (χ0n) is 8.79. The molecule has 0 amide bonds. The van der Waals surface area contributed by atoms with Gasteiger partial charge in [-0.3, -0.25) is 4.79 Å². The number of nitrogens with two attached hydrogens (primary N) is 1. The van der Waals surface area contributed by atoms with Crippen LogP contribution in [0.1, 0.15) is 15.9 Å². The Balaban J connectivity index is 2.26. The van der Waals surface area contributed by atoms with Gasteiger partial charge >= 0.3 is 19.1 Å². The Morgan fingerprint density at radius 1 is 1.53 bits per heavy atom. The molecule has 0 saturated carbocycles. The molecule has 0 saturated heterocycles. The lowest BCUT2D eigenvalue weighted by Crippen LogP contribution is -2.32. The van der Waals surface area contributed by atoms with Crippen LogP contribution < -0.4 is 11.2 Å². The van der Waals surface area contributed by atoms with Gasteiger partial charge in [0.1, 0.15) is 6.04 Å². The highest BCUT2D eigenvalue weighted by atomic mass is 16.6. The summed E-state index contributed by atoms with van der Waals surface area (Å²) in [5, 5.41) is 18.0. The molecular weight excluding hydrogens is 225 g/mol. The fourth-order valence-electron chi connectivity index (χ4n) is 1.69. The van der Waals surface area contributed by atoms with E-state index >= 15 is 0 Å². The monoisotopic (exact) mass is 235 g/mol. The summed E-state index contributed by atoms with van der Waals surface area (Å²) < 4.78 is 4.61. The highest BCUT2D eigenvalue weighted by Gasteiger charge is 2.35. The van der Waals surface area contributed by atoms with Gasteiger partial charge in [-0.1, -0.05) is 12.1 Å². The van der Waals surface area contributed by atoms with Crippen LogP contribution in [0.4, 0.5) is 0 Å². The third kappa shape index (κ3) is 2.15. The number of carbonyl (C=O) groups is 2. The first kappa shape index (κ1) is 11.6. The number of benzene rings is 1. The molecule has 0 aromatic heterocycles. The van der Waals surface area contributed by atoms with Crippen LogP contribution in [0, 0.1) is 0 Å². The van der Waals surface area contributed by atoms with Crippen molar-refractivity contribution in [2.45, 2.75) is 12.5 Å². The van der Waals surface area contributed by atoms with Crippen LogP contribution in [0.2, 0.25) is 0 Å². The quantitative estimate of drug-likeness (QED) is 0.550. The molecule has 7 heteroatoms. The normalized spacial score (nSPS) is 15.4. The van der Waals surface area contributed by atoms with Gasteiger partial charge in [-0.25, -0.2) is 4.79 Å². The number of aliphatic carboxylic acids is 1. The molecule has 88 valence electrons. The summed E-state index contributed by atoms with van der Waals surface area (Å²) in [7, 11) is -1.24. The summed E-state index contributed by atoms with van der Waals surface area (Å²) in [5.74, 6) is -1.72. The molecule has 0 fully saturated rings. The van der Waals surface area contributed by atoms with Crippen molar-refractivity contribution in [1.29, 1.82) is 0 Å². The Labute approximate surface area is 97.1 Å². The summed E-state index contributed by atoms with van der Waals surface area (Å²) in [5.41, 5.74) is 6.65. The van der Waals surface area contributed by atoms with Crippen molar-refractivity contribution >= 4 is 24.5 Å². The first-order valence-electron chi connectivity index (χ1n) is 4.99. The Morgan fingerprint density at radius 3 is 2.88 bits per heavy atom. The molecule has 1 aromatic carbocycles. The van der Waals surface area contributed by atoms with Crippen LogP contribution in [0.5, 0.6) is 0 Å². The van der Waals surface area contributed by atoms with Crippen molar-refractivity contribution < 1.29 is 24.4 Å². The van der Waals surface area contributed by atoms with E-state index in [2.05, 4.69) is 4.65 Å². The summed E-state index contributed by atoms with van der Waals surface area (Å²) in [6, 6.07) is 3.63. The van der Waals surface area contributed by atoms with Crippen molar-refractivity contribution in [1.82, 2.24) is 0 Å². The topological polar surface area (TPSA) is 110 Å². The molecule has 0 aliphatic carbocycles. The summed E-state index contributed by atoms with van der Waals surface area (Å²) in [4.78, 5) is 21.9. The Hall–Kier alpha value is -1.86. The molecule has 6 nitrogen and oxygen atoms in total. The van der Waals surface area contributed by atoms with Gasteiger partial charge in [0, 0.05) is 5.46 Å². The average molecular weight is 235 g/mol. The minimum atomic E-state index is -1.24. The minimum Gasteiger partial charge on any atom is -0.502 e. The number of carboxylic acids is 1. The maximum atomic E-state index is 11.3. The highest BCUT2D eigenvalue weighted by molar-refractivity contribution is 6.66. The SMILES string of the molecule is N[C@@H](Cc1ccc2c(c1)C(=O)OB2O)C(=O)O. The molecule has 1 aliphatic heterocycles. The van der Waals surface area contributed by atoms with Gasteiger partial charge < -0.3 is 20.5 Å². The number of hydrogen-bond acceptors (Lipinski definition) is 5. The predicted molar refractivity (Wildman–Crippen MR) is 58.8 cm³/mol. The molecular formula is C10H10BNO5. The van der Waals surface area contributed by atoms with E-state index in [1.54, 1.807) is 6.07 Å². The Bertz CT molecular complexity index is 490. The molecule has 2 rings (SSSR count). The van der Waals surface area contributed by atoms with Crippen LogP contribution in [0.3, 0.4) is 0 Å². The van der Waals surface area contributed by atoms with Gasteiger partial charge in [0.15, 0.2) is 0 Å². The van der Waals surface area contributed by atoms with Gasteiger partial charge in [0.05, 0.1) is 5.56 Å². The van der Waals surface area contributed by atoms with Crippen LogP contribution >= 0.6 is 0 Å². The molecule has 1 aliphatic rings. The molecule has 0 spiro atoms. The van der Waals surface area contributed by atoms with E-state index in [-0.39, 0.29) is 12.0 Å². The van der Waals surface area contributed by atoms with E-state index in [0.717, 1.165) is 0 Å². The summed E-state index contributed by atoms with van der Waals surface area (Å²) >= 11 is 0. The van der Waals surface area contributed by atoms with Gasteiger partial charge in [0.25, 0.3) is 0 Å². The first-order valence-corrected chi connectivity index (χ1v) is 4.99. The number of carbonyl (C=O) groups excluding carboxylic acids is 1. The van der Waals surface area contributed by atoms with Crippen LogP contribution in [-0.4, -0.2) is 35.2 Å². The molecule has 0 radical (unpaired) electrons. The number of hydrogen-bond donors (Lipinski definition) is 3. The fraction of sp³-hybridized carbons (Fsp3) is 0.200. The molecule has 17 heavy (non-hydrogen) atoms. The van der Waals surface area contributed by atoms with E-state index in [1.165, 1.54) is 12.1 Å². The van der Waals surface area contributed by atoms with Gasteiger partial charge in [-0.2, -0.15) is 0 Å². The van der Waals surface area contributed by atoms with Crippen molar-refractivity contribution in [3.05, 3.63) is 29.3 Å². The van der Waals surface area contributed by atoms with Gasteiger partial charge in [-0.15, -0.1) is 0 Å². The molecule has 1 atom stereocenters. The number of rotatable bonds is 3. The Morgan fingerprint density at radius 2 is 2.24 bits per heavy atom. The van der Waals surface area contributed by atoms with Crippen molar-refractivity contribution in [2.24, 2.45) is 5.73 Å². The van der Waals surface area contributed by atoms with E-state index in [4.69, 9.17) is 10.8 Å². The Kier molecular flexibility index (Phi) is 2.87.